The Morgan fingerprint density at radius 3 is 2.41 bits per heavy atom. The molecule has 3 aromatic rings. The van der Waals surface area contributed by atoms with Crippen LogP contribution in [0.4, 0.5) is 21.9 Å². The summed E-state index contributed by atoms with van der Waals surface area (Å²) in [4.78, 5) is 61.0. The van der Waals surface area contributed by atoms with Crippen LogP contribution < -0.4 is 20.3 Å². The molecule has 1 saturated heterocycles. The first kappa shape index (κ1) is 27.0. The molecule has 11 nitrogen and oxygen atoms in total. The maximum Gasteiger partial charge on any atom is 0.335 e. The fraction of sp³-hybridized carbons (Fsp3) is 0.111. The lowest BCUT2D eigenvalue weighted by atomic mass is 10.1. The summed E-state index contributed by atoms with van der Waals surface area (Å²) in [6.45, 7) is 3.60. The first-order valence-electron chi connectivity index (χ1n) is 11.5. The van der Waals surface area contributed by atoms with Gasteiger partial charge in [-0.3, -0.25) is 29.8 Å². The molecule has 5 amide bonds. The number of non-ortho nitro benzene ring substituents is 1. The number of imide groups is 2. The van der Waals surface area contributed by atoms with Crippen LogP contribution in [0.3, 0.4) is 0 Å². The van der Waals surface area contributed by atoms with Crippen LogP contribution in [0.1, 0.15) is 16.7 Å². The second kappa shape index (κ2) is 11.2. The Hall–Kier alpha value is -5.03. The van der Waals surface area contributed by atoms with Crippen molar-refractivity contribution >= 4 is 58.5 Å². The molecule has 3 aromatic carbocycles. The number of amides is 5. The van der Waals surface area contributed by atoms with E-state index in [0.29, 0.717) is 16.2 Å². The van der Waals surface area contributed by atoms with Gasteiger partial charge in [0.15, 0.2) is 6.61 Å². The van der Waals surface area contributed by atoms with E-state index in [4.69, 9.17) is 16.3 Å². The van der Waals surface area contributed by atoms with E-state index >= 15 is 0 Å². The average Bonchev–Trinajstić information content (AvgIpc) is 2.88. The number of nitro benzene ring substituents is 1. The van der Waals surface area contributed by atoms with Crippen LogP contribution in [-0.4, -0.2) is 35.3 Å². The second-order valence-electron chi connectivity index (χ2n) is 8.56. The normalized spacial score (nSPS) is 14.3. The van der Waals surface area contributed by atoms with E-state index in [2.05, 4.69) is 10.6 Å². The molecule has 1 aliphatic heterocycles. The Balaban J connectivity index is 1.47. The number of carbonyl (C=O) groups excluding carboxylic acids is 4. The molecule has 39 heavy (non-hydrogen) atoms. The van der Waals surface area contributed by atoms with Crippen LogP contribution >= 0.6 is 11.6 Å². The fourth-order valence-corrected chi connectivity index (χ4v) is 3.91. The largest absolute Gasteiger partial charge is 0.482 e. The quantitative estimate of drug-likeness (QED) is 0.190. The van der Waals surface area contributed by atoms with Crippen molar-refractivity contribution in [3.05, 3.63) is 98.1 Å². The molecule has 0 saturated carbocycles. The number of nitrogens with one attached hydrogen (secondary N) is 2. The van der Waals surface area contributed by atoms with Crippen molar-refractivity contribution in [1.82, 2.24) is 5.32 Å². The molecule has 1 heterocycles. The van der Waals surface area contributed by atoms with Gasteiger partial charge >= 0.3 is 6.03 Å². The molecule has 4 rings (SSSR count). The minimum Gasteiger partial charge on any atom is -0.482 e. The summed E-state index contributed by atoms with van der Waals surface area (Å²) < 4.78 is 5.52. The summed E-state index contributed by atoms with van der Waals surface area (Å²) in [6, 6.07) is 13.7. The van der Waals surface area contributed by atoms with Gasteiger partial charge < -0.3 is 10.1 Å². The first-order valence-corrected chi connectivity index (χ1v) is 11.9. The fourth-order valence-electron chi connectivity index (χ4n) is 3.67. The molecule has 0 radical (unpaired) electrons. The van der Waals surface area contributed by atoms with Crippen molar-refractivity contribution in [2.75, 3.05) is 16.8 Å². The van der Waals surface area contributed by atoms with Gasteiger partial charge in [0.1, 0.15) is 11.3 Å². The minimum absolute atomic E-state index is 0.0438. The van der Waals surface area contributed by atoms with Crippen LogP contribution in [0, 0.1) is 24.0 Å². The Labute approximate surface area is 227 Å². The first-order chi connectivity index (χ1) is 18.5. The van der Waals surface area contributed by atoms with Gasteiger partial charge in [0.05, 0.1) is 15.6 Å². The van der Waals surface area contributed by atoms with Crippen molar-refractivity contribution in [1.29, 1.82) is 0 Å². The van der Waals surface area contributed by atoms with E-state index < -0.39 is 22.8 Å². The molecule has 0 aliphatic carbocycles. The number of anilines is 2. The van der Waals surface area contributed by atoms with Gasteiger partial charge in [-0.1, -0.05) is 23.7 Å². The summed E-state index contributed by atoms with van der Waals surface area (Å²) in [7, 11) is 0. The van der Waals surface area contributed by atoms with Crippen LogP contribution in [-0.2, 0) is 14.4 Å². The molecule has 0 spiro atoms. The van der Waals surface area contributed by atoms with Gasteiger partial charge in [-0.2, -0.15) is 0 Å². The number of nitro groups is 1. The Morgan fingerprint density at radius 2 is 1.77 bits per heavy atom. The van der Waals surface area contributed by atoms with Crippen molar-refractivity contribution < 1.29 is 28.8 Å². The summed E-state index contributed by atoms with van der Waals surface area (Å²) in [5.41, 5.74) is 2.58. The second-order valence-corrected chi connectivity index (χ2v) is 8.96. The van der Waals surface area contributed by atoms with Crippen LogP contribution in [0.5, 0.6) is 5.75 Å². The Kier molecular flexibility index (Phi) is 7.73. The van der Waals surface area contributed by atoms with Crippen LogP contribution in [0.25, 0.3) is 6.08 Å². The van der Waals surface area contributed by atoms with Gasteiger partial charge in [0.25, 0.3) is 23.4 Å². The number of hydrogen-bond donors (Lipinski definition) is 2. The van der Waals surface area contributed by atoms with Crippen molar-refractivity contribution in [3.63, 3.8) is 0 Å². The predicted molar refractivity (Wildman–Crippen MR) is 144 cm³/mol. The maximum atomic E-state index is 13.0. The molecule has 1 aliphatic rings. The molecular formula is C27H21ClN4O7. The van der Waals surface area contributed by atoms with E-state index in [9.17, 15) is 29.3 Å². The summed E-state index contributed by atoms with van der Waals surface area (Å²) >= 11 is 6.30. The summed E-state index contributed by atoms with van der Waals surface area (Å²) in [6.07, 6.45) is 1.24. The lowest BCUT2D eigenvalue weighted by molar-refractivity contribution is -0.384. The number of barbiturate groups is 1. The number of carbonyl (C=O) groups is 4. The monoisotopic (exact) mass is 548 g/mol. The minimum atomic E-state index is -0.989. The highest BCUT2D eigenvalue weighted by molar-refractivity contribution is 6.39. The number of nitrogens with zero attached hydrogens (tertiary/aromatic N) is 2. The molecule has 0 unspecified atom stereocenters. The standard InChI is InChI=1S/C27H21ClN4O7/c1-15-3-5-18(11-16(15)2)29-24(33)14-39-23-10-4-17(13-22(23)28)12-21-25(34)30-27(36)31(26(21)35)19-6-8-20(9-7-19)32(37)38/h3-13H,14H2,1-2H3,(H,29,33)(H,30,34,36)/b21-12-. The van der Waals surface area contributed by atoms with Crippen LogP contribution in [0.15, 0.2) is 66.2 Å². The molecule has 0 atom stereocenters. The number of halogens is 1. The lowest BCUT2D eigenvalue weighted by Gasteiger charge is -2.26. The van der Waals surface area contributed by atoms with E-state index in [0.717, 1.165) is 23.3 Å². The number of urea groups is 1. The van der Waals surface area contributed by atoms with Gasteiger partial charge in [-0.15, -0.1) is 0 Å². The SMILES string of the molecule is Cc1ccc(NC(=O)COc2ccc(/C=C3/C(=O)NC(=O)N(c4ccc([N+](=O)[O-])cc4)C3=O)cc2Cl)cc1C. The molecule has 0 aromatic heterocycles. The zero-order chi connectivity index (χ0) is 28.3. The van der Waals surface area contributed by atoms with E-state index in [-0.39, 0.29) is 40.2 Å². The van der Waals surface area contributed by atoms with Crippen LogP contribution in [0.2, 0.25) is 5.02 Å². The Morgan fingerprint density at radius 1 is 1.05 bits per heavy atom. The van der Waals surface area contributed by atoms with Gasteiger partial charge in [-0.25, -0.2) is 9.69 Å². The lowest BCUT2D eigenvalue weighted by Crippen LogP contribution is -2.54. The zero-order valence-electron chi connectivity index (χ0n) is 20.7. The third kappa shape index (κ3) is 6.11. The van der Waals surface area contributed by atoms with Crippen molar-refractivity contribution in [2.45, 2.75) is 13.8 Å². The molecule has 0 bridgehead atoms. The Bertz CT molecular complexity index is 1550. The smallest absolute Gasteiger partial charge is 0.335 e. The third-order valence-electron chi connectivity index (χ3n) is 5.84. The number of rotatable bonds is 7. The van der Waals surface area contributed by atoms with Crippen molar-refractivity contribution in [3.8, 4) is 5.75 Å². The molecular weight excluding hydrogens is 528 g/mol. The molecule has 1 fully saturated rings. The van der Waals surface area contributed by atoms with Gasteiger partial charge in [0.2, 0.25) is 0 Å². The predicted octanol–water partition coefficient (Wildman–Crippen LogP) is 4.55. The third-order valence-corrected chi connectivity index (χ3v) is 6.13. The summed E-state index contributed by atoms with van der Waals surface area (Å²) in [5, 5.41) is 15.8. The van der Waals surface area contributed by atoms with E-state index in [1.54, 1.807) is 6.07 Å². The average molecular weight is 549 g/mol. The van der Waals surface area contributed by atoms with Crippen molar-refractivity contribution in [2.24, 2.45) is 0 Å². The van der Waals surface area contributed by atoms with E-state index in [1.165, 1.54) is 36.4 Å². The number of benzene rings is 3. The molecule has 2 N–H and O–H groups in total. The molecule has 198 valence electrons. The van der Waals surface area contributed by atoms with Gasteiger partial charge in [0, 0.05) is 17.8 Å². The summed E-state index contributed by atoms with van der Waals surface area (Å²) in [5.74, 6) is -2.02. The highest BCUT2D eigenvalue weighted by Crippen LogP contribution is 2.28. The highest BCUT2D eigenvalue weighted by atomic mass is 35.5. The number of hydrogen-bond acceptors (Lipinski definition) is 7. The molecule has 12 heteroatoms. The maximum absolute atomic E-state index is 13.0. The highest BCUT2D eigenvalue weighted by Gasteiger charge is 2.37. The van der Waals surface area contributed by atoms with E-state index in [1.807, 2.05) is 26.0 Å². The van der Waals surface area contributed by atoms with Gasteiger partial charge in [-0.05, 0) is 73.0 Å². The zero-order valence-corrected chi connectivity index (χ0v) is 21.4. The topological polar surface area (TPSA) is 148 Å². The number of ether oxygens (including phenoxy) is 1. The number of aryl methyl sites for hydroxylation is 2.